The molecule has 88 valence electrons. The minimum absolute atomic E-state index is 0.181. The van der Waals surface area contributed by atoms with E-state index in [9.17, 15) is 5.11 Å². The molecule has 0 spiro atoms. The van der Waals surface area contributed by atoms with Crippen LogP contribution in [-0.4, -0.2) is 11.1 Å². The molecular formula is C14H16N2O. The van der Waals surface area contributed by atoms with Crippen molar-refractivity contribution in [1.82, 2.24) is 0 Å². The zero-order chi connectivity index (χ0) is 12.3. The van der Waals surface area contributed by atoms with Gasteiger partial charge in [-0.3, -0.25) is 0 Å². The first kappa shape index (κ1) is 11.6. The number of rotatable bonds is 3. The Bertz CT molecular complexity index is 549. The van der Waals surface area contributed by atoms with Crippen LogP contribution in [0.25, 0.3) is 10.8 Å². The van der Waals surface area contributed by atoms with Crippen LogP contribution in [0.1, 0.15) is 20.3 Å². The van der Waals surface area contributed by atoms with Crippen LogP contribution in [0, 0.1) is 0 Å². The van der Waals surface area contributed by atoms with Crippen LogP contribution < -0.4 is 0 Å². The molecule has 17 heavy (non-hydrogen) atoms. The van der Waals surface area contributed by atoms with Gasteiger partial charge in [-0.05, 0) is 24.8 Å². The van der Waals surface area contributed by atoms with Crippen molar-refractivity contribution in [3.05, 3.63) is 36.4 Å². The average Bonchev–Trinajstić information content (AvgIpc) is 2.38. The molecule has 0 aliphatic heterocycles. The second kappa shape index (κ2) is 4.95. The highest BCUT2D eigenvalue weighted by Gasteiger charge is 2.05. The van der Waals surface area contributed by atoms with Gasteiger partial charge in [0.05, 0.1) is 6.04 Å². The summed E-state index contributed by atoms with van der Waals surface area (Å²) in [7, 11) is 0. The maximum absolute atomic E-state index is 10.1. The van der Waals surface area contributed by atoms with Crippen LogP contribution in [-0.2, 0) is 0 Å². The molecule has 0 aliphatic rings. The van der Waals surface area contributed by atoms with Gasteiger partial charge in [0, 0.05) is 5.39 Å². The third kappa shape index (κ3) is 2.44. The first-order valence-corrected chi connectivity index (χ1v) is 5.84. The molecule has 3 heteroatoms. The van der Waals surface area contributed by atoms with Crippen molar-refractivity contribution < 1.29 is 5.11 Å². The van der Waals surface area contributed by atoms with E-state index in [0.29, 0.717) is 5.69 Å². The Morgan fingerprint density at radius 1 is 1.18 bits per heavy atom. The van der Waals surface area contributed by atoms with Crippen LogP contribution >= 0.6 is 0 Å². The standard InChI is InChI=1S/C14H16N2O/c1-3-10(2)15-16-13-9-8-11-6-4-5-7-12(11)14(13)17/h4-10,17H,3H2,1-2H3. The second-order valence-corrected chi connectivity index (χ2v) is 4.13. The smallest absolute Gasteiger partial charge is 0.150 e. The van der Waals surface area contributed by atoms with E-state index < -0.39 is 0 Å². The van der Waals surface area contributed by atoms with Crippen molar-refractivity contribution in [3.63, 3.8) is 0 Å². The molecule has 0 radical (unpaired) electrons. The summed E-state index contributed by atoms with van der Waals surface area (Å²) >= 11 is 0. The molecule has 0 saturated carbocycles. The SMILES string of the molecule is CCC(C)N=Nc1ccc2ccccc2c1O. The summed E-state index contributed by atoms with van der Waals surface area (Å²) < 4.78 is 0. The van der Waals surface area contributed by atoms with Crippen molar-refractivity contribution in [3.8, 4) is 5.75 Å². The van der Waals surface area contributed by atoms with Gasteiger partial charge in [0.1, 0.15) is 5.69 Å². The summed E-state index contributed by atoms with van der Waals surface area (Å²) in [5.74, 6) is 0.204. The fourth-order valence-electron chi connectivity index (χ4n) is 1.57. The van der Waals surface area contributed by atoms with E-state index in [0.717, 1.165) is 17.2 Å². The molecule has 2 rings (SSSR count). The highest BCUT2D eigenvalue weighted by atomic mass is 16.3. The summed E-state index contributed by atoms with van der Waals surface area (Å²) in [5.41, 5.74) is 0.531. The van der Waals surface area contributed by atoms with Gasteiger partial charge < -0.3 is 5.11 Å². The Morgan fingerprint density at radius 3 is 2.71 bits per heavy atom. The highest BCUT2D eigenvalue weighted by Crippen LogP contribution is 2.34. The summed E-state index contributed by atoms with van der Waals surface area (Å²) in [4.78, 5) is 0. The lowest BCUT2D eigenvalue weighted by molar-refractivity contribution is 0.482. The zero-order valence-electron chi connectivity index (χ0n) is 10.1. The molecule has 0 amide bonds. The van der Waals surface area contributed by atoms with Gasteiger partial charge in [0.15, 0.2) is 5.75 Å². The molecule has 1 unspecified atom stereocenters. The van der Waals surface area contributed by atoms with Crippen LogP contribution in [0.15, 0.2) is 46.6 Å². The van der Waals surface area contributed by atoms with Crippen LogP contribution in [0.5, 0.6) is 5.75 Å². The molecule has 0 aliphatic carbocycles. The Morgan fingerprint density at radius 2 is 1.94 bits per heavy atom. The van der Waals surface area contributed by atoms with Crippen molar-refractivity contribution in [2.75, 3.05) is 0 Å². The van der Waals surface area contributed by atoms with Gasteiger partial charge in [-0.1, -0.05) is 37.3 Å². The Hall–Kier alpha value is -1.90. The van der Waals surface area contributed by atoms with E-state index in [1.807, 2.05) is 37.3 Å². The summed E-state index contributed by atoms with van der Waals surface area (Å²) in [6.45, 7) is 4.06. The fourth-order valence-corrected chi connectivity index (χ4v) is 1.57. The lowest BCUT2D eigenvalue weighted by atomic mass is 10.1. The predicted octanol–water partition coefficient (Wildman–Crippen LogP) is 4.43. The second-order valence-electron chi connectivity index (χ2n) is 4.13. The molecule has 0 saturated heterocycles. The normalized spacial score (nSPS) is 13.3. The molecule has 2 aromatic rings. The van der Waals surface area contributed by atoms with Crippen molar-refractivity contribution >= 4 is 16.5 Å². The first-order valence-electron chi connectivity index (χ1n) is 5.84. The van der Waals surface area contributed by atoms with Crippen LogP contribution in [0.4, 0.5) is 5.69 Å². The molecule has 1 atom stereocenters. The summed E-state index contributed by atoms with van der Waals surface area (Å²) in [5, 5.41) is 20.1. The Kier molecular flexibility index (Phi) is 3.38. The number of benzene rings is 2. The van der Waals surface area contributed by atoms with Gasteiger partial charge in [-0.25, -0.2) is 0 Å². The molecule has 0 fully saturated rings. The molecule has 0 aromatic heterocycles. The lowest BCUT2D eigenvalue weighted by Gasteiger charge is -2.04. The first-order chi connectivity index (χ1) is 8.22. The number of phenols is 1. The number of hydrogen-bond donors (Lipinski definition) is 1. The molecular weight excluding hydrogens is 212 g/mol. The Balaban J connectivity index is 2.42. The predicted molar refractivity (Wildman–Crippen MR) is 69.9 cm³/mol. The number of hydrogen-bond acceptors (Lipinski definition) is 3. The number of aromatic hydroxyl groups is 1. The Labute approximate surface area is 101 Å². The highest BCUT2D eigenvalue weighted by molar-refractivity contribution is 5.92. The quantitative estimate of drug-likeness (QED) is 0.776. The third-order valence-corrected chi connectivity index (χ3v) is 2.83. The van der Waals surface area contributed by atoms with Crippen LogP contribution in [0.3, 0.4) is 0 Å². The van der Waals surface area contributed by atoms with E-state index in [1.54, 1.807) is 6.07 Å². The van der Waals surface area contributed by atoms with Crippen molar-refractivity contribution in [2.24, 2.45) is 10.2 Å². The van der Waals surface area contributed by atoms with Crippen molar-refractivity contribution in [2.45, 2.75) is 26.3 Å². The molecule has 3 nitrogen and oxygen atoms in total. The number of fused-ring (bicyclic) bond motifs is 1. The summed E-state index contributed by atoms with van der Waals surface area (Å²) in [6.07, 6.45) is 0.942. The minimum Gasteiger partial charge on any atom is -0.505 e. The van der Waals surface area contributed by atoms with Gasteiger partial charge in [0.25, 0.3) is 0 Å². The minimum atomic E-state index is 0.181. The lowest BCUT2D eigenvalue weighted by Crippen LogP contribution is -1.91. The third-order valence-electron chi connectivity index (χ3n) is 2.83. The van der Waals surface area contributed by atoms with Gasteiger partial charge >= 0.3 is 0 Å². The fraction of sp³-hybridized carbons (Fsp3) is 0.286. The molecule has 0 bridgehead atoms. The number of phenolic OH excluding ortho intramolecular Hbond substituents is 1. The number of nitrogens with zero attached hydrogens (tertiary/aromatic N) is 2. The summed E-state index contributed by atoms with van der Waals surface area (Å²) in [6, 6.07) is 11.6. The largest absolute Gasteiger partial charge is 0.505 e. The molecule has 2 aromatic carbocycles. The average molecular weight is 228 g/mol. The zero-order valence-corrected chi connectivity index (χ0v) is 10.1. The monoisotopic (exact) mass is 228 g/mol. The van der Waals surface area contributed by atoms with Crippen LogP contribution in [0.2, 0.25) is 0 Å². The van der Waals surface area contributed by atoms with E-state index in [4.69, 9.17) is 0 Å². The topological polar surface area (TPSA) is 45.0 Å². The van der Waals surface area contributed by atoms with E-state index in [-0.39, 0.29) is 11.8 Å². The van der Waals surface area contributed by atoms with Gasteiger partial charge in [-0.2, -0.15) is 10.2 Å². The molecule has 1 N–H and O–H groups in total. The number of azo groups is 1. The van der Waals surface area contributed by atoms with Gasteiger partial charge in [-0.15, -0.1) is 0 Å². The van der Waals surface area contributed by atoms with E-state index in [1.165, 1.54) is 0 Å². The van der Waals surface area contributed by atoms with Crippen molar-refractivity contribution in [1.29, 1.82) is 0 Å². The van der Waals surface area contributed by atoms with Gasteiger partial charge in [0.2, 0.25) is 0 Å². The van der Waals surface area contributed by atoms with E-state index in [2.05, 4.69) is 17.2 Å². The maximum Gasteiger partial charge on any atom is 0.150 e. The van der Waals surface area contributed by atoms with E-state index >= 15 is 0 Å². The molecule has 0 heterocycles. The maximum atomic E-state index is 10.1.